The minimum Gasteiger partial charge on any atom is -0.335 e. The Balaban J connectivity index is 2.64. The monoisotopic (exact) mass is 240 g/mol. The van der Waals surface area contributed by atoms with Crippen LogP contribution in [0.3, 0.4) is 0 Å². The van der Waals surface area contributed by atoms with Gasteiger partial charge in [0.25, 0.3) is 0 Å². The van der Waals surface area contributed by atoms with Crippen molar-refractivity contribution in [3.05, 3.63) is 0 Å². The first-order chi connectivity index (χ1) is 7.64. The second-order valence-corrected chi connectivity index (χ2v) is 7.01. The molecule has 0 aromatic rings. The molecule has 1 heterocycles. The van der Waals surface area contributed by atoms with Gasteiger partial charge in [-0.2, -0.15) is 0 Å². The molecule has 0 bridgehead atoms. The molecule has 17 heavy (non-hydrogen) atoms. The van der Waals surface area contributed by atoms with Gasteiger partial charge in [-0.25, -0.2) is 0 Å². The summed E-state index contributed by atoms with van der Waals surface area (Å²) < 4.78 is 0. The molecule has 100 valence electrons. The fourth-order valence-electron chi connectivity index (χ4n) is 2.12. The molecule has 0 aliphatic carbocycles. The fourth-order valence-corrected chi connectivity index (χ4v) is 2.12. The van der Waals surface area contributed by atoms with E-state index in [9.17, 15) is 4.79 Å². The minimum absolute atomic E-state index is 0.0487. The zero-order valence-electron chi connectivity index (χ0n) is 12.3. The Kier molecular flexibility index (Phi) is 4.23. The molecule has 1 saturated heterocycles. The summed E-state index contributed by atoms with van der Waals surface area (Å²) >= 11 is 0. The van der Waals surface area contributed by atoms with Crippen molar-refractivity contribution in [2.24, 2.45) is 11.3 Å². The van der Waals surface area contributed by atoms with Crippen LogP contribution in [0.15, 0.2) is 0 Å². The highest BCUT2D eigenvalue weighted by atomic mass is 16.2. The predicted octanol–water partition coefficient (Wildman–Crippen LogP) is 2.27. The number of hydrogen-bond acceptors (Lipinski definition) is 2. The third-order valence-corrected chi connectivity index (χ3v) is 4.06. The number of rotatable bonds is 2. The average molecular weight is 240 g/mol. The van der Waals surface area contributed by atoms with Crippen LogP contribution in [0, 0.1) is 11.3 Å². The Bertz CT molecular complexity index is 278. The molecule has 0 aromatic heterocycles. The SMILES string of the molecule is CC(CC(=O)N1CCNCC1(C)C)C(C)(C)C. The largest absolute Gasteiger partial charge is 0.335 e. The quantitative estimate of drug-likeness (QED) is 0.803. The summed E-state index contributed by atoms with van der Waals surface area (Å²) in [5.41, 5.74) is 0.154. The van der Waals surface area contributed by atoms with E-state index >= 15 is 0 Å². The third-order valence-electron chi connectivity index (χ3n) is 4.06. The van der Waals surface area contributed by atoms with Crippen molar-refractivity contribution >= 4 is 5.91 Å². The summed E-state index contributed by atoms with van der Waals surface area (Å²) in [6.07, 6.45) is 0.660. The van der Waals surface area contributed by atoms with Gasteiger partial charge in [0.2, 0.25) is 5.91 Å². The second-order valence-electron chi connectivity index (χ2n) is 7.01. The topological polar surface area (TPSA) is 32.3 Å². The lowest BCUT2D eigenvalue weighted by molar-refractivity contribution is -0.139. The normalized spacial score (nSPS) is 22.4. The van der Waals surface area contributed by atoms with Gasteiger partial charge < -0.3 is 10.2 Å². The zero-order chi connectivity index (χ0) is 13.3. The fraction of sp³-hybridized carbons (Fsp3) is 0.929. The Hall–Kier alpha value is -0.570. The Morgan fingerprint density at radius 3 is 2.47 bits per heavy atom. The lowest BCUT2D eigenvalue weighted by atomic mass is 9.79. The molecule has 1 aliphatic rings. The number of hydrogen-bond donors (Lipinski definition) is 1. The molecule has 1 N–H and O–H groups in total. The number of nitrogens with zero attached hydrogens (tertiary/aromatic N) is 1. The molecular weight excluding hydrogens is 212 g/mol. The van der Waals surface area contributed by atoms with Gasteiger partial charge in [-0.1, -0.05) is 27.7 Å². The molecule has 1 amide bonds. The van der Waals surface area contributed by atoms with Crippen LogP contribution in [0.25, 0.3) is 0 Å². The standard InChI is InChI=1S/C14H28N2O/c1-11(13(2,3)4)9-12(17)16-8-7-15-10-14(16,5)6/h11,15H,7-10H2,1-6H3. The van der Waals surface area contributed by atoms with Crippen molar-refractivity contribution in [2.75, 3.05) is 19.6 Å². The first kappa shape index (κ1) is 14.5. The molecular formula is C14H28N2O. The average Bonchev–Trinajstić information content (AvgIpc) is 2.14. The van der Waals surface area contributed by atoms with Crippen LogP contribution in [-0.4, -0.2) is 36.0 Å². The van der Waals surface area contributed by atoms with Crippen molar-refractivity contribution in [3.8, 4) is 0 Å². The second kappa shape index (κ2) is 4.97. The summed E-state index contributed by atoms with van der Waals surface area (Å²) in [5, 5.41) is 3.35. The maximum absolute atomic E-state index is 12.4. The first-order valence-corrected chi connectivity index (χ1v) is 6.66. The highest BCUT2D eigenvalue weighted by Gasteiger charge is 2.34. The molecule has 3 nitrogen and oxygen atoms in total. The van der Waals surface area contributed by atoms with Crippen molar-refractivity contribution < 1.29 is 4.79 Å². The molecule has 1 unspecified atom stereocenters. The number of nitrogens with one attached hydrogen (secondary N) is 1. The molecule has 0 saturated carbocycles. The van der Waals surface area contributed by atoms with Crippen molar-refractivity contribution in [2.45, 2.75) is 53.5 Å². The predicted molar refractivity (Wildman–Crippen MR) is 71.9 cm³/mol. The van der Waals surface area contributed by atoms with Crippen molar-refractivity contribution in [1.82, 2.24) is 10.2 Å². The maximum Gasteiger partial charge on any atom is 0.223 e. The minimum atomic E-state index is -0.0487. The van der Waals surface area contributed by atoms with Gasteiger partial charge in [0.05, 0.1) is 0 Å². The molecule has 1 rings (SSSR count). The van der Waals surface area contributed by atoms with Gasteiger partial charge in [0, 0.05) is 31.6 Å². The molecule has 1 atom stereocenters. The van der Waals surface area contributed by atoms with Crippen LogP contribution >= 0.6 is 0 Å². The molecule has 1 fully saturated rings. The smallest absolute Gasteiger partial charge is 0.223 e. The molecule has 3 heteroatoms. The van der Waals surface area contributed by atoms with E-state index in [-0.39, 0.29) is 11.0 Å². The zero-order valence-corrected chi connectivity index (χ0v) is 12.3. The van der Waals surface area contributed by atoms with Crippen molar-refractivity contribution in [1.29, 1.82) is 0 Å². The Labute approximate surface area is 106 Å². The van der Waals surface area contributed by atoms with Gasteiger partial charge in [0.15, 0.2) is 0 Å². The van der Waals surface area contributed by atoms with Gasteiger partial charge in [-0.3, -0.25) is 4.79 Å². The lowest BCUT2D eigenvalue weighted by Gasteiger charge is -2.43. The highest BCUT2D eigenvalue weighted by molar-refractivity contribution is 5.77. The van der Waals surface area contributed by atoms with Crippen LogP contribution < -0.4 is 5.32 Å². The Morgan fingerprint density at radius 1 is 1.41 bits per heavy atom. The highest BCUT2D eigenvalue weighted by Crippen LogP contribution is 2.29. The summed E-state index contributed by atoms with van der Waals surface area (Å²) in [6, 6.07) is 0. The molecule has 0 spiro atoms. The molecule has 0 aromatic carbocycles. The van der Waals surface area contributed by atoms with Gasteiger partial charge >= 0.3 is 0 Å². The van der Waals surface area contributed by atoms with Gasteiger partial charge in [-0.15, -0.1) is 0 Å². The summed E-state index contributed by atoms with van der Waals surface area (Å²) in [5.74, 6) is 0.722. The third kappa shape index (κ3) is 3.70. The van der Waals surface area contributed by atoms with E-state index in [2.05, 4.69) is 46.9 Å². The summed E-state index contributed by atoms with van der Waals surface area (Å²) in [6.45, 7) is 15.7. The maximum atomic E-state index is 12.4. The van der Waals surface area contributed by atoms with Crippen LogP contribution in [0.2, 0.25) is 0 Å². The number of amides is 1. The lowest BCUT2D eigenvalue weighted by Crippen LogP contribution is -2.60. The van der Waals surface area contributed by atoms with Crippen molar-refractivity contribution in [3.63, 3.8) is 0 Å². The van der Waals surface area contributed by atoms with Gasteiger partial charge in [-0.05, 0) is 25.2 Å². The Morgan fingerprint density at radius 2 is 2.00 bits per heavy atom. The molecule has 1 aliphatic heterocycles. The van der Waals surface area contributed by atoms with E-state index in [1.807, 2.05) is 4.90 Å². The molecule has 0 radical (unpaired) electrons. The van der Waals surface area contributed by atoms with E-state index in [0.717, 1.165) is 19.6 Å². The number of carbonyl (C=O) groups is 1. The number of piperazine rings is 1. The van der Waals surface area contributed by atoms with E-state index < -0.39 is 0 Å². The van der Waals surface area contributed by atoms with Crippen LogP contribution in [0.4, 0.5) is 0 Å². The van der Waals surface area contributed by atoms with E-state index in [0.29, 0.717) is 18.2 Å². The van der Waals surface area contributed by atoms with Gasteiger partial charge in [0.1, 0.15) is 0 Å². The first-order valence-electron chi connectivity index (χ1n) is 6.66. The van der Waals surface area contributed by atoms with E-state index in [1.54, 1.807) is 0 Å². The summed E-state index contributed by atoms with van der Waals surface area (Å²) in [7, 11) is 0. The van der Waals surface area contributed by atoms with E-state index in [4.69, 9.17) is 0 Å². The number of carbonyl (C=O) groups excluding carboxylic acids is 1. The summed E-state index contributed by atoms with van der Waals surface area (Å²) in [4.78, 5) is 14.4. The van der Waals surface area contributed by atoms with E-state index in [1.165, 1.54) is 0 Å². The van der Waals surface area contributed by atoms with Crippen LogP contribution in [0.1, 0.15) is 48.0 Å². The van der Waals surface area contributed by atoms with Crippen LogP contribution in [-0.2, 0) is 4.79 Å². The van der Waals surface area contributed by atoms with Crippen LogP contribution in [0.5, 0.6) is 0 Å².